The molecule has 3 fully saturated rings. The normalized spacial score (nSPS) is 33.7. The van der Waals surface area contributed by atoms with Crippen LogP contribution in [0.2, 0.25) is 0 Å². The zero-order chi connectivity index (χ0) is 13.8. The molecule has 114 valence electrons. The van der Waals surface area contributed by atoms with E-state index in [0.717, 1.165) is 64.1 Å². The number of rotatable bonds is 5. The summed E-state index contributed by atoms with van der Waals surface area (Å²) in [5, 5.41) is 3.36. The largest absolute Gasteiger partial charge is 0.376 e. The standard InChI is InChI=1S/C15H26N2O2S/c18-15(8-12-3-5-16-9-12)17(13-4-7-20-11-13)10-14-2-1-6-19-14/h12-14,16H,1-11H2. The lowest BCUT2D eigenvalue weighted by atomic mass is 10.0. The predicted molar refractivity (Wildman–Crippen MR) is 82.0 cm³/mol. The maximum atomic E-state index is 12.7. The highest BCUT2D eigenvalue weighted by molar-refractivity contribution is 7.99. The molecule has 4 nitrogen and oxygen atoms in total. The number of carbonyl (C=O) groups is 1. The molecule has 3 aliphatic heterocycles. The van der Waals surface area contributed by atoms with E-state index in [1.165, 1.54) is 5.75 Å². The molecule has 3 atom stereocenters. The van der Waals surface area contributed by atoms with Gasteiger partial charge in [0.05, 0.1) is 6.10 Å². The monoisotopic (exact) mass is 298 g/mol. The van der Waals surface area contributed by atoms with Crippen LogP contribution in [0.5, 0.6) is 0 Å². The van der Waals surface area contributed by atoms with E-state index in [1.807, 2.05) is 11.8 Å². The summed E-state index contributed by atoms with van der Waals surface area (Å²) in [5.74, 6) is 3.22. The van der Waals surface area contributed by atoms with Crippen LogP contribution in [0.3, 0.4) is 0 Å². The number of amides is 1. The van der Waals surface area contributed by atoms with Crippen molar-refractivity contribution in [2.75, 3.05) is 37.7 Å². The fraction of sp³-hybridized carbons (Fsp3) is 0.933. The third kappa shape index (κ3) is 3.68. The quantitative estimate of drug-likeness (QED) is 0.835. The zero-order valence-electron chi connectivity index (χ0n) is 12.2. The molecule has 0 spiro atoms. The van der Waals surface area contributed by atoms with E-state index in [9.17, 15) is 4.79 Å². The van der Waals surface area contributed by atoms with Gasteiger partial charge in [-0.05, 0) is 50.4 Å². The third-order valence-electron chi connectivity index (χ3n) is 4.72. The molecule has 3 aliphatic rings. The number of hydrogen-bond acceptors (Lipinski definition) is 4. The van der Waals surface area contributed by atoms with Crippen molar-refractivity contribution in [2.45, 2.75) is 44.2 Å². The molecule has 3 rings (SSSR count). The Morgan fingerprint density at radius 3 is 2.95 bits per heavy atom. The molecule has 0 aromatic heterocycles. The minimum Gasteiger partial charge on any atom is -0.376 e. The summed E-state index contributed by atoms with van der Waals surface area (Å²) < 4.78 is 5.75. The Kier molecular flexibility index (Phi) is 5.24. The maximum Gasteiger partial charge on any atom is 0.223 e. The summed E-state index contributed by atoms with van der Waals surface area (Å²) in [5.41, 5.74) is 0. The Bertz CT molecular complexity index is 322. The van der Waals surface area contributed by atoms with Gasteiger partial charge in [0.1, 0.15) is 0 Å². The lowest BCUT2D eigenvalue weighted by molar-refractivity contribution is -0.135. The summed E-state index contributed by atoms with van der Waals surface area (Å²) in [6.45, 7) is 3.78. The Morgan fingerprint density at radius 2 is 2.30 bits per heavy atom. The maximum absolute atomic E-state index is 12.7. The topological polar surface area (TPSA) is 41.6 Å². The highest BCUT2D eigenvalue weighted by atomic mass is 32.2. The highest BCUT2D eigenvalue weighted by Gasteiger charge is 2.32. The number of carbonyl (C=O) groups excluding carboxylic acids is 1. The minimum absolute atomic E-state index is 0.284. The van der Waals surface area contributed by atoms with Crippen LogP contribution in [-0.2, 0) is 9.53 Å². The summed E-state index contributed by atoms with van der Waals surface area (Å²) in [6.07, 6.45) is 5.59. The summed E-state index contributed by atoms with van der Waals surface area (Å²) in [4.78, 5) is 14.9. The lowest BCUT2D eigenvalue weighted by Crippen LogP contribution is -2.45. The van der Waals surface area contributed by atoms with Gasteiger partial charge in [-0.3, -0.25) is 4.79 Å². The average Bonchev–Trinajstić information content (AvgIpc) is 3.19. The van der Waals surface area contributed by atoms with E-state index in [1.54, 1.807) is 0 Å². The number of hydrogen-bond donors (Lipinski definition) is 1. The zero-order valence-corrected chi connectivity index (χ0v) is 13.0. The van der Waals surface area contributed by atoms with Gasteiger partial charge in [0.15, 0.2) is 0 Å². The van der Waals surface area contributed by atoms with E-state index in [0.29, 0.717) is 17.9 Å². The van der Waals surface area contributed by atoms with Crippen molar-refractivity contribution >= 4 is 17.7 Å². The lowest BCUT2D eigenvalue weighted by Gasteiger charge is -2.31. The van der Waals surface area contributed by atoms with Gasteiger partial charge in [0.2, 0.25) is 5.91 Å². The van der Waals surface area contributed by atoms with Gasteiger partial charge < -0.3 is 15.0 Å². The van der Waals surface area contributed by atoms with E-state index >= 15 is 0 Å². The van der Waals surface area contributed by atoms with Crippen molar-refractivity contribution < 1.29 is 9.53 Å². The molecule has 0 radical (unpaired) electrons. The van der Waals surface area contributed by atoms with Gasteiger partial charge in [-0.25, -0.2) is 0 Å². The van der Waals surface area contributed by atoms with E-state index in [2.05, 4.69) is 10.2 Å². The Morgan fingerprint density at radius 1 is 1.35 bits per heavy atom. The first-order valence-corrected chi connectivity index (χ1v) is 9.18. The van der Waals surface area contributed by atoms with Gasteiger partial charge in [-0.1, -0.05) is 0 Å². The molecule has 1 amide bonds. The van der Waals surface area contributed by atoms with Crippen LogP contribution < -0.4 is 5.32 Å². The summed E-state index contributed by atoms with van der Waals surface area (Å²) in [7, 11) is 0. The summed E-state index contributed by atoms with van der Waals surface area (Å²) in [6, 6.07) is 0.450. The summed E-state index contributed by atoms with van der Waals surface area (Å²) >= 11 is 1.98. The molecule has 0 saturated carbocycles. The molecule has 20 heavy (non-hydrogen) atoms. The van der Waals surface area contributed by atoms with Crippen LogP contribution in [0, 0.1) is 5.92 Å². The molecule has 0 bridgehead atoms. The van der Waals surface area contributed by atoms with Crippen molar-refractivity contribution in [3.8, 4) is 0 Å². The van der Waals surface area contributed by atoms with E-state index < -0.39 is 0 Å². The van der Waals surface area contributed by atoms with Crippen LogP contribution in [0.15, 0.2) is 0 Å². The van der Waals surface area contributed by atoms with Crippen molar-refractivity contribution in [3.63, 3.8) is 0 Å². The Labute approximate surface area is 126 Å². The van der Waals surface area contributed by atoms with Gasteiger partial charge >= 0.3 is 0 Å². The second kappa shape index (κ2) is 7.14. The fourth-order valence-electron chi connectivity index (χ4n) is 3.48. The smallest absolute Gasteiger partial charge is 0.223 e. The van der Waals surface area contributed by atoms with E-state index in [4.69, 9.17) is 4.74 Å². The molecule has 3 heterocycles. The first kappa shape index (κ1) is 14.7. The highest BCUT2D eigenvalue weighted by Crippen LogP contribution is 2.26. The average molecular weight is 298 g/mol. The Balaban J connectivity index is 1.58. The molecule has 0 aromatic rings. The fourth-order valence-corrected chi connectivity index (χ4v) is 4.71. The van der Waals surface area contributed by atoms with Crippen molar-refractivity contribution in [1.82, 2.24) is 10.2 Å². The van der Waals surface area contributed by atoms with Crippen LogP contribution in [0.25, 0.3) is 0 Å². The predicted octanol–water partition coefficient (Wildman–Crippen LogP) is 1.50. The molecule has 5 heteroatoms. The van der Waals surface area contributed by atoms with Crippen LogP contribution in [-0.4, -0.2) is 60.7 Å². The van der Waals surface area contributed by atoms with Gasteiger partial charge in [0, 0.05) is 31.4 Å². The molecular weight excluding hydrogens is 272 g/mol. The van der Waals surface area contributed by atoms with Crippen molar-refractivity contribution in [1.29, 1.82) is 0 Å². The number of thioether (sulfide) groups is 1. The minimum atomic E-state index is 0.284. The molecular formula is C15H26N2O2S. The third-order valence-corrected chi connectivity index (χ3v) is 5.86. The van der Waals surface area contributed by atoms with Gasteiger partial charge in [0.25, 0.3) is 0 Å². The first-order chi connectivity index (χ1) is 9.83. The van der Waals surface area contributed by atoms with E-state index in [-0.39, 0.29) is 6.10 Å². The second-order valence-electron chi connectivity index (χ2n) is 6.26. The first-order valence-electron chi connectivity index (χ1n) is 8.02. The van der Waals surface area contributed by atoms with Crippen LogP contribution >= 0.6 is 11.8 Å². The molecule has 1 N–H and O–H groups in total. The van der Waals surface area contributed by atoms with Crippen molar-refractivity contribution in [3.05, 3.63) is 0 Å². The molecule has 0 aliphatic carbocycles. The van der Waals surface area contributed by atoms with Crippen molar-refractivity contribution in [2.24, 2.45) is 5.92 Å². The second-order valence-corrected chi connectivity index (χ2v) is 7.41. The molecule has 3 unspecified atom stereocenters. The van der Waals surface area contributed by atoms with Gasteiger partial charge in [-0.2, -0.15) is 11.8 Å². The molecule has 3 saturated heterocycles. The number of nitrogens with zero attached hydrogens (tertiary/aromatic N) is 1. The van der Waals surface area contributed by atoms with Crippen LogP contribution in [0.4, 0.5) is 0 Å². The Hall–Kier alpha value is -0.260. The number of ether oxygens (including phenoxy) is 1. The molecule has 0 aromatic carbocycles. The van der Waals surface area contributed by atoms with Gasteiger partial charge in [-0.15, -0.1) is 0 Å². The SMILES string of the molecule is O=C(CC1CCNC1)N(CC1CCCO1)C1CCSC1. The van der Waals surface area contributed by atoms with Crippen LogP contribution in [0.1, 0.15) is 32.1 Å². The number of nitrogens with one attached hydrogen (secondary N) is 1.